The van der Waals surface area contributed by atoms with Crippen molar-refractivity contribution in [1.82, 2.24) is 0 Å². The Hall–Kier alpha value is -0.960. The fraction of sp³-hybridized carbons (Fsp3) is 0.364. The zero-order valence-electron chi connectivity index (χ0n) is 7.77. The summed E-state index contributed by atoms with van der Waals surface area (Å²) >= 11 is 4.14. The molecule has 1 aliphatic rings. The molecule has 1 aliphatic carbocycles. The van der Waals surface area contributed by atoms with Crippen LogP contribution in [0.1, 0.15) is 23.2 Å². The Kier molecular flexibility index (Phi) is 2.77. The number of hydrogen-bond donors (Lipinski definition) is 1. The number of thiol groups is 1. The molecule has 1 saturated carbocycles. The van der Waals surface area contributed by atoms with Gasteiger partial charge in [0, 0.05) is 4.90 Å². The highest BCUT2D eigenvalue weighted by Crippen LogP contribution is 2.29. The summed E-state index contributed by atoms with van der Waals surface area (Å²) in [5, 5.41) is 0. The quantitative estimate of drug-likeness (QED) is 0.610. The highest BCUT2D eigenvalue weighted by atomic mass is 32.1. The zero-order valence-corrected chi connectivity index (χ0v) is 8.67. The van der Waals surface area contributed by atoms with Crippen LogP contribution in [0.3, 0.4) is 0 Å². The third-order valence-electron chi connectivity index (χ3n) is 2.25. The van der Waals surface area contributed by atoms with Crippen molar-refractivity contribution in [2.75, 3.05) is 6.61 Å². The van der Waals surface area contributed by atoms with E-state index in [1.165, 1.54) is 12.8 Å². The molecule has 0 bridgehead atoms. The SMILES string of the molecule is O=C(OCC1CC1)c1ccc(S)cc1. The monoisotopic (exact) mass is 208 g/mol. The van der Waals surface area contributed by atoms with Gasteiger partial charge >= 0.3 is 5.97 Å². The van der Waals surface area contributed by atoms with Crippen molar-refractivity contribution in [2.24, 2.45) is 5.92 Å². The van der Waals surface area contributed by atoms with Crippen molar-refractivity contribution in [2.45, 2.75) is 17.7 Å². The van der Waals surface area contributed by atoms with Gasteiger partial charge < -0.3 is 4.74 Å². The zero-order chi connectivity index (χ0) is 9.97. The van der Waals surface area contributed by atoms with Gasteiger partial charge in [-0.1, -0.05) is 0 Å². The second-order valence-electron chi connectivity index (χ2n) is 3.59. The molecule has 2 nitrogen and oxygen atoms in total. The number of carbonyl (C=O) groups excluding carboxylic acids is 1. The average molecular weight is 208 g/mol. The van der Waals surface area contributed by atoms with E-state index >= 15 is 0 Å². The molecule has 1 aromatic rings. The lowest BCUT2D eigenvalue weighted by Crippen LogP contribution is -2.07. The van der Waals surface area contributed by atoms with E-state index in [4.69, 9.17) is 4.74 Å². The van der Waals surface area contributed by atoms with Crippen molar-refractivity contribution in [1.29, 1.82) is 0 Å². The molecule has 3 heteroatoms. The molecule has 0 unspecified atom stereocenters. The largest absolute Gasteiger partial charge is 0.462 e. The molecule has 0 aromatic heterocycles. The van der Waals surface area contributed by atoms with Gasteiger partial charge in [0.15, 0.2) is 0 Å². The standard InChI is InChI=1S/C11H12O2S/c12-11(13-7-8-1-2-8)9-3-5-10(14)6-4-9/h3-6,8,14H,1-2,7H2. The van der Waals surface area contributed by atoms with E-state index in [2.05, 4.69) is 12.6 Å². The van der Waals surface area contributed by atoms with Crippen LogP contribution in [0.4, 0.5) is 0 Å². The smallest absolute Gasteiger partial charge is 0.338 e. The summed E-state index contributed by atoms with van der Waals surface area (Å²) in [6.07, 6.45) is 2.39. The fourth-order valence-corrected chi connectivity index (χ4v) is 1.31. The lowest BCUT2D eigenvalue weighted by Gasteiger charge is -2.03. The first-order valence-electron chi connectivity index (χ1n) is 4.72. The Labute approximate surface area is 88.7 Å². The topological polar surface area (TPSA) is 26.3 Å². The van der Waals surface area contributed by atoms with E-state index in [0.29, 0.717) is 18.1 Å². The Morgan fingerprint density at radius 3 is 2.57 bits per heavy atom. The van der Waals surface area contributed by atoms with Crippen LogP contribution in [0.25, 0.3) is 0 Å². The molecular formula is C11H12O2S. The molecular weight excluding hydrogens is 196 g/mol. The molecule has 14 heavy (non-hydrogen) atoms. The first-order valence-corrected chi connectivity index (χ1v) is 5.16. The van der Waals surface area contributed by atoms with E-state index in [9.17, 15) is 4.79 Å². The molecule has 0 spiro atoms. The van der Waals surface area contributed by atoms with Gasteiger partial charge in [0.2, 0.25) is 0 Å². The van der Waals surface area contributed by atoms with Gasteiger partial charge in [-0.3, -0.25) is 0 Å². The van der Waals surface area contributed by atoms with Crippen LogP contribution in [0.2, 0.25) is 0 Å². The lowest BCUT2D eigenvalue weighted by atomic mass is 10.2. The normalized spacial score (nSPS) is 15.2. The molecule has 0 atom stereocenters. The summed E-state index contributed by atoms with van der Waals surface area (Å²) in [4.78, 5) is 12.3. The Balaban J connectivity index is 1.92. The number of hydrogen-bond acceptors (Lipinski definition) is 3. The molecule has 0 amide bonds. The van der Waals surface area contributed by atoms with Crippen molar-refractivity contribution in [3.63, 3.8) is 0 Å². The van der Waals surface area contributed by atoms with Gasteiger partial charge in [-0.2, -0.15) is 0 Å². The number of benzene rings is 1. The van der Waals surface area contributed by atoms with Crippen LogP contribution >= 0.6 is 12.6 Å². The van der Waals surface area contributed by atoms with Crippen LogP contribution < -0.4 is 0 Å². The van der Waals surface area contributed by atoms with E-state index in [0.717, 1.165) is 4.90 Å². The van der Waals surface area contributed by atoms with Gasteiger partial charge in [0.05, 0.1) is 12.2 Å². The molecule has 0 saturated heterocycles. The second-order valence-corrected chi connectivity index (χ2v) is 4.11. The van der Waals surface area contributed by atoms with Crippen molar-refractivity contribution in [3.8, 4) is 0 Å². The second kappa shape index (κ2) is 4.05. The highest BCUT2D eigenvalue weighted by molar-refractivity contribution is 7.80. The van der Waals surface area contributed by atoms with Gasteiger partial charge in [-0.05, 0) is 43.0 Å². The minimum atomic E-state index is -0.231. The predicted molar refractivity (Wildman–Crippen MR) is 56.7 cm³/mol. The van der Waals surface area contributed by atoms with E-state index in [-0.39, 0.29) is 5.97 Å². The molecule has 0 radical (unpaired) electrons. The summed E-state index contributed by atoms with van der Waals surface area (Å²) in [5.74, 6) is 0.383. The maximum absolute atomic E-state index is 11.4. The van der Waals surface area contributed by atoms with Crippen LogP contribution in [-0.2, 0) is 4.74 Å². The predicted octanol–water partition coefficient (Wildman–Crippen LogP) is 2.54. The molecule has 0 aliphatic heterocycles. The number of rotatable bonds is 3. The summed E-state index contributed by atoms with van der Waals surface area (Å²) in [5.41, 5.74) is 0.600. The van der Waals surface area contributed by atoms with Gasteiger partial charge in [0.25, 0.3) is 0 Å². The summed E-state index contributed by atoms with van der Waals surface area (Å²) < 4.78 is 5.13. The maximum Gasteiger partial charge on any atom is 0.338 e. The van der Waals surface area contributed by atoms with E-state index < -0.39 is 0 Å². The van der Waals surface area contributed by atoms with Gasteiger partial charge in [-0.25, -0.2) is 4.79 Å². The molecule has 1 aromatic carbocycles. The molecule has 0 N–H and O–H groups in total. The molecule has 74 valence electrons. The van der Waals surface area contributed by atoms with Crippen molar-refractivity contribution in [3.05, 3.63) is 29.8 Å². The first-order chi connectivity index (χ1) is 6.75. The van der Waals surface area contributed by atoms with Crippen molar-refractivity contribution >= 4 is 18.6 Å². The fourth-order valence-electron chi connectivity index (χ4n) is 1.16. The van der Waals surface area contributed by atoms with Gasteiger partial charge in [-0.15, -0.1) is 12.6 Å². The van der Waals surface area contributed by atoms with Crippen molar-refractivity contribution < 1.29 is 9.53 Å². The minimum Gasteiger partial charge on any atom is -0.462 e. The first kappa shape index (κ1) is 9.59. The Morgan fingerprint density at radius 2 is 2.00 bits per heavy atom. The van der Waals surface area contributed by atoms with Gasteiger partial charge in [0.1, 0.15) is 0 Å². The highest BCUT2D eigenvalue weighted by Gasteiger charge is 2.23. The van der Waals surface area contributed by atoms with E-state index in [1.54, 1.807) is 24.3 Å². The summed E-state index contributed by atoms with van der Waals surface area (Å²) in [7, 11) is 0. The molecule has 0 heterocycles. The maximum atomic E-state index is 11.4. The number of esters is 1. The lowest BCUT2D eigenvalue weighted by molar-refractivity contribution is 0.0486. The average Bonchev–Trinajstić information content (AvgIpc) is 2.99. The summed E-state index contributed by atoms with van der Waals surface area (Å²) in [6, 6.07) is 7.04. The minimum absolute atomic E-state index is 0.231. The molecule has 1 fully saturated rings. The molecule has 2 rings (SSSR count). The number of ether oxygens (including phenoxy) is 1. The van der Waals surface area contributed by atoms with Crippen LogP contribution in [0, 0.1) is 5.92 Å². The van der Waals surface area contributed by atoms with E-state index in [1.807, 2.05) is 0 Å². The summed E-state index contributed by atoms with van der Waals surface area (Å²) in [6.45, 7) is 0.571. The Morgan fingerprint density at radius 1 is 1.36 bits per heavy atom. The Bertz CT molecular complexity index is 328. The third-order valence-corrected chi connectivity index (χ3v) is 2.55. The number of carbonyl (C=O) groups is 1. The van der Waals surface area contributed by atoms with Crippen LogP contribution in [0.15, 0.2) is 29.2 Å². The van der Waals surface area contributed by atoms with Crippen LogP contribution in [-0.4, -0.2) is 12.6 Å². The van der Waals surface area contributed by atoms with Crippen LogP contribution in [0.5, 0.6) is 0 Å². The third kappa shape index (κ3) is 2.51.